The normalized spacial score (nSPS) is 15.6. The molecule has 0 heterocycles. The van der Waals surface area contributed by atoms with Gasteiger partial charge in [0.05, 0.1) is 0 Å². The molecule has 0 atom stereocenters. The van der Waals surface area contributed by atoms with Crippen molar-refractivity contribution in [3.63, 3.8) is 0 Å². The lowest BCUT2D eigenvalue weighted by molar-refractivity contribution is 0.659. The molecule has 78 heavy (non-hydrogen) atoms. The zero-order valence-electron chi connectivity index (χ0n) is 45.9. The molecule has 0 saturated heterocycles. The van der Waals surface area contributed by atoms with Crippen molar-refractivity contribution in [3.8, 4) is 111 Å². The van der Waals surface area contributed by atoms with Gasteiger partial charge in [0.2, 0.25) is 0 Å². The molecule has 374 valence electrons. The Morgan fingerprint density at radius 3 is 0.744 bits per heavy atom. The van der Waals surface area contributed by atoms with Gasteiger partial charge < -0.3 is 0 Å². The third-order valence-corrected chi connectivity index (χ3v) is 19.1. The fraction of sp³-hybridized carbons (Fsp3) is 0.154. The molecule has 0 aliphatic heterocycles. The zero-order chi connectivity index (χ0) is 53.0. The quantitative estimate of drug-likeness (QED) is 0.156. The average molecular weight is 999 g/mol. The molecule has 0 nitrogen and oxygen atoms in total. The highest BCUT2D eigenvalue weighted by molar-refractivity contribution is 5.92. The molecule has 0 spiro atoms. The van der Waals surface area contributed by atoms with Crippen molar-refractivity contribution in [3.05, 3.63) is 275 Å². The smallest absolute Gasteiger partial charge is 0.0159 e. The molecule has 0 unspecified atom stereocenters. The SMILES string of the molecule is CC1(C)c2ccccc2-c2ccc(-c3cccc(-c4ccc5c(c4)C(C)(C)c4cc(-c6ccc7c(c6)C(C)(C)c6cc(-c8ccc9c(c8)C(C)(C)c8cc(-c%10ccccc%10-c%10ccccc%10)ccc8-9)ccc6-7)ccc4-5)c3)cc21. The van der Waals surface area contributed by atoms with E-state index in [0.717, 1.165) is 0 Å². The van der Waals surface area contributed by atoms with Crippen molar-refractivity contribution in [2.75, 3.05) is 0 Å². The van der Waals surface area contributed by atoms with E-state index in [1.807, 2.05) is 0 Å². The Labute approximate surface area is 460 Å². The van der Waals surface area contributed by atoms with Crippen molar-refractivity contribution in [2.45, 2.75) is 77.0 Å². The van der Waals surface area contributed by atoms with Gasteiger partial charge in [-0.3, -0.25) is 0 Å². The molecule has 0 saturated carbocycles. The van der Waals surface area contributed by atoms with Crippen LogP contribution < -0.4 is 0 Å². The largest absolute Gasteiger partial charge is 0.0622 e. The van der Waals surface area contributed by atoms with Crippen LogP contribution in [-0.4, -0.2) is 0 Å². The molecule has 11 aromatic carbocycles. The lowest BCUT2D eigenvalue weighted by atomic mass is 9.79. The molecule has 0 aromatic heterocycles. The molecule has 0 radical (unpaired) electrons. The van der Waals surface area contributed by atoms with Crippen LogP contribution >= 0.6 is 0 Å². The number of fused-ring (bicyclic) bond motifs is 12. The molecule has 4 aliphatic carbocycles. The van der Waals surface area contributed by atoms with Crippen LogP contribution in [0.15, 0.2) is 231 Å². The molecule has 4 aliphatic rings. The summed E-state index contributed by atoms with van der Waals surface area (Å²) in [7, 11) is 0. The van der Waals surface area contributed by atoms with Crippen LogP contribution in [0.2, 0.25) is 0 Å². The average Bonchev–Trinajstić information content (AvgIpc) is 4.25. The topological polar surface area (TPSA) is 0 Å². The van der Waals surface area contributed by atoms with Gasteiger partial charge in [-0.2, -0.15) is 0 Å². The summed E-state index contributed by atoms with van der Waals surface area (Å²) >= 11 is 0. The summed E-state index contributed by atoms with van der Waals surface area (Å²) in [5.41, 5.74) is 36.6. The number of benzene rings is 11. The van der Waals surface area contributed by atoms with Crippen LogP contribution in [0.4, 0.5) is 0 Å². The minimum atomic E-state index is -0.168. The van der Waals surface area contributed by atoms with Gasteiger partial charge in [0.1, 0.15) is 0 Å². The zero-order valence-corrected chi connectivity index (χ0v) is 45.9. The summed E-state index contributed by atoms with van der Waals surface area (Å²) in [6.07, 6.45) is 0. The van der Waals surface area contributed by atoms with Crippen LogP contribution in [-0.2, 0) is 21.7 Å². The number of rotatable bonds is 6. The van der Waals surface area contributed by atoms with Crippen LogP contribution in [0.1, 0.15) is 99.9 Å². The van der Waals surface area contributed by atoms with Crippen LogP contribution in [0.25, 0.3) is 111 Å². The summed E-state index contributed by atoms with van der Waals surface area (Å²) in [6.45, 7) is 19.2. The van der Waals surface area contributed by atoms with E-state index in [4.69, 9.17) is 0 Å². The summed E-state index contributed by atoms with van der Waals surface area (Å²) in [5.74, 6) is 0. The lowest BCUT2D eigenvalue weighted by Crippen LogP contribution is -2.16. The minimum Gasteiger partial charge on any atom is -0.0622 e. The van der Waals surface area contributed by atoms with Gasteiger partial charge >= 0.3 is 0 Å². The van der Waals surface area contributed by atoms with Crippen molar-refractivity contribution < 1.29 is 0 Å². The standard InChI is InChI=1S/C78H62/c1-75(2)67-24-15-14-23-59(67)60-32-25-50(40-68(60)75)48-19-16-20-49(39-48)51-26-33-61-62-34-27-52(42-70(62)76(3,4)69(61)41-51)53-28-35-63-64-36-29-54(44-72(64)77(5,6)71(63)43-53)55-30-37-65-66-38-31-56(46-74(66)78(7,8)73(65)45-55)58-22-13-12-21-57(58)47-17-10-9-11-18-47/h9-46H,1-8H3. The van der Waals surface area contributed by atoms with Crippen molar-refractivity contribution >= 4 is 0 Å². The van der Waals surface area contributed by atoms with Gasteiger partial charge in [-0.15, -0.1) is 0 Å². The Hall–Kier alpha value is -8.58. The summed E-state index contributed by atoms with van der Waals surface area (Å²) < 4.78 is 0. The van der Waals surface area contributed by atoms with Gasteiger partial charge in [-0.25, -0.2) is 0 Å². The summed E-state index contributed by atoms with van der Waals surface area (Å²) in [6, 6.07) is 87.9. The molecule has 0 heteroatoms. The summed E-state index contributed by atoms with van der Waals surface area (Å²) in [4.78, 5) is 0. The van der Waals surface area contributed by atoms with Gasteiger partial charge in [0.15, 0.2) is 0 Å². The fourth-order valence-corrected chi connectivity index (χ4v) is 14.6. The predicted octanol–water partition coefficient (Wildman–Crippen LogP) is 20.9. The maximum atomic E-state index is 2.49. The monoisotopic (exact) mass is 998 g/mol. The second kappa shape index (κ2) is 16.5. The Kier molecular flexibility index (Phi) is 9.86. The first-order valence-corrected chi connectivity index (χ1v) is 28.1. The Morgan fingerprint density at radius 2 is 0.385 bits per heavy atom. The maximum Gasteiger partial charge on any atom is 0.0159 e. The highest BCUT2D eigenvalue weighted by Gasteiger charge is 2.40. The van der Waals surface area contributed by atoms with E-state index in [0.29, 0.717) is 0 Å². The molecular weight excluding hydrogens is 937 g/mol. The van der Waals surface area contributed by atoms with Crippen molar-refractivity contribution in [1.82, 2.24) is 0 Å². The van der Waals surface area contributed by atoms with Gasteiger partial charge in [0, 0.05) is 21.7 Å². The molecule has 0 amide bonds. The highest BCUT2D eigenvalue weighted by Crippen LogP contribution is 2.56. The van der Waals surface area contributed by atoms with Gasteiger partial charge in [0.25, 0.3) is 0 Å². The van der Waals surface area contributed by atoms with Crippen molar-refractivity contribution in [1.29, 1.82) is 0 Å². The highest BCUT2D eigenvalue weighted by atomic mass is 14.4. The molecule has 0 fully saturated rings. The Balaban J connectivity index is 0.701. The van der Waals surface area contributed by atoms with E-state index < -0.39 is 0 Å². The number of hydrogen-bond donors (Lipinski definition) is 0. The second-order valence-electron chi connectivity index (χ2n) is 24.9. The van der Waals surface area contributed by atoms with E-state index in [1.165, 1.54) is 156 Å². The Morgan fingerprint density at radius 1 is 0.154 bits per heavy atom. The maximum absolute atomic E-state index is 2.49. The third-order valence-electron chi connectivity index (χ3n) is 19.1. The van der Waals surface area contributed by atoms with Crippen LogP contribution in [0.5, 0.6) is 0 Å². The predicted molar refractivity (Wildman–Crippen MR) is 329 cm³/mol. The first-order chi connectivity index (χ1) is 37.7. The van der Waals surface area contributed by atoms with Gasteiger partial charge in [-0.05, 0) is 204 Å². The first-order valence-electron chi connectivity index (χ1n) is 28.1. The number of hydrogen-bond acceptors (Lipinski definition) is 0. The molecular formula is C78H62. The first kappa shape index (κ1) is 46.7. The van der Waals surface area contributed by atoms with Crippen LogP contribution in [0.3, 0.4) is 0 Å². The van der Waals surface area contributed by atoms with E-state index in [1.54, 1.807) is 0 Å². The fourth-order valence-electron chi connectivity index (χ4n) is 14.6. The lowest BCUT2D eigenvalue weighted by Gasteiger charge is -2.24. The van der Waals surface area contributed by atoms with Gasteiger partial charge in [-0.1, -0.05) is 237 Å². The minimum absolute atomic E-state index is 0.0316. The third kappa shape index (κ3) is 6.72. The van der Waals surface area contributed by atoms with E-state index >= 15 is 0 Å². The van der Waals surface area contributed by atoms with Crippen LogP contribution in [0, 0.1) is 0 Å². The van der Waals surface area contributed by atoms with Crippen molar-refractivity contribution in [2.24, 2.45) is 0 Å². The molecule has 11 aromatic rings. The molecule has 15 rings (SSSR count). The second-order valence-corrected chi connectivity index (χ2v) is 24.9. The van der Waals surface area contributed by atoms with E-state index in [9.17, 15) is 0 Å². The Bertz CT molecular complexity index is 4360. The molecule has 0 N–H and O–H groups in total. The molecule has 0 bridgehead atoms. The van der Waals surface area contributed by atoms with E-state index in [-0.39, 0.29) is 21.7 Å². The summed E-state index contributed by atoms with van der Waals surface area (Å²) in [5, 5.41) is 0. The van der Waals surface area contributed by atoms with E-state index in [2.05, 4.69) is 286 Å².